The highest BCUT2D eigenvalue weighted by molar-refractivity contribution is 5.96. The van der Waals surface area contributed by atoms with Gasteiger partial charge in [0.05, 0.1) is 23.2 Å². The summed E-state index contributed by atoms with van der Waals surface area (Å²) in [6.07, 6.45) is 2.01. The second-order valence-corrected chi connectivity index (χ2v) is 6.19. The fourth-order valence-corrected chi connectivity index (χ4v) is 2.54. The Bertz CT molecular complexity index is 1020. The first-order valence-electron chi connectivity index (χ1n) is 8.97. The fraction of sp³-hybridized carbons (Fsp3) is 0.250. The normalized spacial score (nSPS) is 10.6. The Balaban J connectivity index is 1.50. The lowest BCUT2D eigenvalue weighted by atomic mass is 10.2. The maximum Gasteiger partial charge on any atom is 0.338 e. The predicted molar refractivity (Wildman–Crippen MR) is 105 cm³/mol. The number of anilines is 1. The molecule has 8 heteroatoms. The number of hydrogen-bond acceptors (Lipinski definition) is 5. The number of hydrogen-bond donors (Lipinski definition) is 3. The molecule has 146 valence electrons. The van der Waals surface area contributed by atoms with Gasteiger partial charge < -0.3 is 24.8 Å². The van der Waals surface area contributed by atoms with Crippen LogP contribution >= 0.6 is 0 Å². The minimum atomic E-state index is -0.597. The van der Waals surface area contributed by atoms with E-state index >= 15 is 0 Å². The third-order valence-electron chi connectivity index (χ3n) is 3.99. The Labute approximate surface area is 160 Å². The van der Waals surface area contributed by atoms with E-state index in [0.29, 0.717) is 34.6 Å². The summed E-state index contributed by atoms with van der Waals surface area (Å²) in [5.41, 5.74) is 1.70. The molecule has 0 bridgehead atoms. The monoisotopic (exact) mass is 383 g/mol. The molecular weight excluding hydrogens is 362 g/mol. The van der Waals surface area contributed by atoms with E-state index in [1.165, 1.54) is 0 Å². The molecule has 0 radical (unpaired) electrons. The molecule has 0 aliphatic carbocycles. The summed E-state index contributed by atoms with van der Waals surface area (Å²) in [5.74, 6) is -0.397. The van der Waals surface area contributed by atoms with Gasteiger partial charge >= 0.3 is 11.7 Å². The first-order chi connectivity index (χ1) is 13.5. The van der Waals surface area contributed by atoms with Gasteiger partial charge in [-0.15, -0.1) is 0 Å². The van der Waals surface area contributed by atoms with Crippen LogP contribution in [0.15, 0.2) is 47.3 Å². The number of fused-ring (bicyclic) bond motifs is 1. The van der Waals surface area contributed by atoms with Gasteiger partial charge in [0.15, 0.2) is 6.61 Å². The summed E-state index contributed by atoms with van der Waals surface area (Å²) in [7, 11) is 0. The maximum absolute atomic E-state index is 12.1. The molecule has 0 saturated heterocycles. The molecule has 3 rings (SSSR count). The lowest BCUT2D eigenvalue weighted by molar-refractivity contribution is -0.119. The van der Waals surface area contributed by atoms with Gasteiger partial charge in [0.25, 0.3) is 5.91 Å². The van der Waals surface area contributed by atoms with Crippen LogP contribution in [0.1, 0.15) is 30.1 Å². The van der Waals surface area contributed by atoms with Gasteiger partial charge in [-0.25, -0.2) is 9.59 Å². The maximum atomic E-state index is 12.1. The van der Waals surface area contributed by atoms with Crippen molar-refractivity contribution in [3.8, 4) is 5.75 Å². The van der Waals surface area contributed by atoms with Crippen LogP contribution in [0, 0.1) is 0 Å². The van der Waals surface area contributed by atoms with Crippen molar-refractivity contribution in [2.75, 3.05) is 18.5 Å². The van der Waals surface area contributed by atoms with Gasteiger partial charge in [-0.2, -0.15) is 0 Å². The zero-order chi connectivity index (χ0) is 19.9. The number of benzene rings is 2. The lowest BCUT2D eigenvalue weighted by Crippen LogP contribution is -2.20. The molecule has 0 spiro atoms. The van der Waals surface area contributed by atoms with Crippen LogP contribution in [0.25, 0.3) is 11.0 Å². The number of imidazole rings is 1. The van der Waals surface area contributed by atoms with Gasteiger partial charge in [0, 0.05) is 5.69 Å². The molecule has 0 unspecified atom stereocenters. The summed E-state index contributed by atoms with van der Waals surface area (Å²) >= 11 is 0. The zero-order valence-corrected chi connectivity index (χ0v) is 15.4. The molecule has 0 aliphatic heterocycles. The Morgan fingerprint density at radius 3 is 2.54 bits per heavy atom. The van der Waals surface area contributed by atoms with Crippen LogP contribution in [0.5, 0.6) is 5.75 Å². The Morgan fingerprint density at radius 1 is 1.04 bits per heavy atom. The van der Waals surface area contributed by atoms with Crippen LogP contribution in [-0.4, -0.2) is 35.1 Å². The van der Waals surface area contributed by atoms with E-state index in [-0.39, 0.29) is 5.69 Å². The zero-order valence-electron chi connectivity index (χ0n) is 15.4. The highest BCUT2D eigenvalue weighted by atomic mass is 16.5. The van der Waals surface area contributed by atoms with Crippen molar-refractivity contribution in [2.24, 2.45) is 0 Å². The van der Waals surface area contributed by atoms with Crippen molar-refractivity contribution in [1.29, 1.82) is 0 Å². The number of rotatable bonds is 8. The van der Waals surface area contributed by atoms with E-state index < -0.39 is 18.5 Å². The minimum absolute atomic E-state index is 0.325. The quantitative estimate of drug-likeness (QED) is 0.409. The summed E-state index contributed by atoms with van der Waals surface area (Å²) in [4.78, 5) is 40.5. The van der Waals surface area contributed by atoms with Crippen molar-refractivity contribution < 1.29 is 19.1 Å². The van der Waals surface area contributed by atoms with Crippen LogP contribution in [-0.2, 0) is 9.53 Å². The first-order valence-corrected chi connectivity index (χ1v) is 8.97. The number of aromatic amines is 2. The van der Waals surface area contributed by atoms with E-state index in [4.69, 9.17) is 9.47 Å². The molecule has 8 nitrogen and oxygen atoms in total. The number of amides is 1. The molecule has 1 heterocycles. The number of H-pyrrole nitrogens is 2. The Morgan fingerprint density at radius 2 is 1.79 bits per heavy atom. The molecule has 0 fully saturated rings. The average molecular weight is 383 g/mol. The number of aromatic nitrogens is 2. The van der Waals surface area contributed by atoms with E-state index in [9.17, 15) is 14.4 Å². The summed E-state index contributed by atoms with van der Waals surface area (Å²) in [6.45, 7) is 2.29. The first kappa shape index (κ1) is 19.2. The molecule has 3 N–H and O–H groups in total. The predicted octanol–water partition coefficient (Wildman–Crippen LogP) is 2.83. The molecule has 1 aromatic heterocycles. The minimum Gasteiger partial charge on any atom is -0.494 e. The average Bonchev–Trinajstić information content (AvgIpc) is 3.06. The van der Waals surface area contributed by atoms with Crippen molar-refractivity contribution in [3.63, 3.8) is 0 Å². The fourth-order valence-electron chi connectivity index (χ4n) is 2.54. The number of ether oxygens (including phenoxy) is 2. The number of carbonyl (C=O) groups is 2. The van der Waals surface area contributed by atoms with Crippen molar-refractivity contribution in [3.05, 3.63) is 58.5 Å². The van der Waals surface area contributed by atoms with Crippen LogP contribution < -0.4 is 15.7 Å². The van der Waals surface area contributed by atoms with Crippen LogP contribution in [0.4, 0.5) is 5.69 Å². The number of nitrogens with one attached hydrogen (secondary N) is 3. The second kappa shape index (κ2) is 8.90. The largest absolute Gasteiger partial charge is 0.494 e. The van der Waals surface area contributed by atoms with Crippen LogP contribution in [0.2, 0.25) is 0 Å². The smallest absolute Gasteiger partial charge is 0.338 e. The summed E-state index contributed by atoms with van der Waals surface area (Å²) < 4.78 is 10.6. The molecule has 0 aliphatic rings. The molecule has 0 saturated carbocycles. The van der Waals surface area contributed by atoms with Gasteiger partial charge in [-0.05, 0) is 48.9 Å². The van der Waals surface area contributed by atoms with Gasteiger partial charge in [0.2, 0.25) is 0 Å². The van der Waals surface area contributed by atoms with Crippen LogP contribution in [0.3, 0.4) is 0 Å². The highest BCUT2D eigenvalue weighted by Gasteiger charge is 2.11. The van der Waals surface area contributed by atoms with E-state index in [0.717, 1.165) is 12.8 Å². The van der Waals surface area contributed by atoms with Crippen molar-refractivity contribution >= 4 is 28.6 Å². The molecule has 1 amide bonds. The SMILES string of the molecule is CCCCOc1ccc(C(=O)OCC(=O)Nc2ccc3[nH]c(=O)[nH]c3c2)cc1. The van der Waals surface area contributed by atoms with Crippen molar-refractivity contribution in [2.45, 2.75) is 19.8 Å². The van der Waals surface area contributed by atoms with Crippen molar-refractivity contribution in [1.82, 2.24) is 9.97 Å². The topological polar surface area (TPSA) is 113 Å². The second-order valence-electron chi connectivity index (χ2n) is 6.19. The van der Waals surface area contributed by atoms with E-state index in [1.807, 2.05) is 0 Å². The summed E-state index contributed by atoms with van der Waals surface area (Å²) in [6, 6.07) is 11.5. The van der Waals surface area contributed by atoms with E-state index in [1.54, 1.807) is 42.5 Å². The lowest BCUT2D eigenvalue weighted by Gasteiger charge is -2.08. The van der Waals surface area contributed by atoms with Gasteiger partial charge in [0.1, 0.15) is 5.75 Å². The molecular formula is C20H21N3O5. The third kappa shape index (κ3) is 5.00. The molecule has 2 aromatic carbocycles. The molecule has 0 atom stereocenters. The third-order valence-corrected chi connectivity index (χ3v) is 3.99. The number of carbonyl (C=O) groups excluding carboxylic acids is 2. The molecule has 28 heavy (non-hydrogen) atoms. The van der Waals surface area contributed by atoms with E-state index in [2.05, 4.69) is 22.2 Å². The van der Waals surface area contributed by atoms with Gasteiger partial charge in [-0.1, -0.05) is 13.3 Å². The Kier molecular flexibility index (Phi) is 6.11. The summed E-state index contributed by atoms with van der Waals surface area (Å²) in [5, 5.41) is 2.62. The standard InChI is InChI=1S/C20H21N3O5/c1-2-3-10-27-15-7-4-13(5-8-15)19(25)28-12-18(24)21-14-6-9-16-17(11-14)23-20(26)22-16/h4-9,11H,2-3,10,12H2,1H3,(H,21,24)(H2,22,23,26). The highest BCUT2D eigenvalue weighted by Crippen LogP contribution is 2.15. The number of unbranched alkanes of at least 4 members (excludes halogenated alkanes) is 1. The molecule has 3 aromatic rings. The Hall–Kier alpha value is -3.55. The number of esters is 1. The van der Waals surface area contributed by atoms with Gasteiger partial charge in [-0.3, -0.25) is 4.79 Å².